The third kappa shape index (κ3) is 3.05. The molecule has 0 aliphatic carbocycles. The summed E-state index contributed by atoms with van der Waals surface area (Å²) in [5, 5.41) is 2.18. The van der Waals surface area contributed by atoms with Crippen LogP contribution in [0.25, 0.3) is 21.8 Å². The average molecular weight is 390 g/mol. The van der Waals surface area contributed by atoms with Gasteiger partial charge in [0.15, 0.2) is 0 Å². The molecule has 0 aliphatic rings. The molecule has 0 atom stereocenters. The number of benzene rings is 2. The summed E-state index contributed by atoms with van der Waals surface area (Å²) in [6.45, 7) is 4.13. The Bertz CT molecular complexity index is 1110. The van der Waals surface area contributed by atoms with E-state index in [9.17, 15) is 0 Å². The number of pyridine rings is 2. The van der Waals surface area contributed by atoms with E-state index >= 15 is 0 Å². The monoisotopic (exact) mass is 389 g/mol. The van der Waals surface area contributed by atoms with Crippen molar-refractivity contribution in [3.05, 3.63) is 76.0 Å². The maximum absolute atomic E-state index is 4.77. The minimum Gasteiger partial charge on any atom is -0.254 e. The van der Waals surface area contributed by atoms with Gasteiger partial charge in [-0.05, 0) is 49.2 Å². The van der Waals surface area contributed by atoms with Crippen molar-refractivity contribution < 1.29 is 0 Å². The number of aromatic nitrogens is 2. The highest BCUT2D eigenvalue weighted by molar-refractivity contribution is 9.10. The minimum atomic E-state index is 0.826. The average Bonchev–Trinajstić information content (AvgIpc) is 2.60. The first-order valence-corrected chi connectivity index (χ1v) is 8.86. The zero-order chi connectivity index (χ0) is 17.4. The topological polar surface area (TPSA) is 38.1 Å². The summed E-state index contributed by atoms with van der Waals surface area (Å²) in [5.41, 5.74) is 5.91. The fourth-order valence-corrected chi connectivity index (χ4v) is 3.73. The Morgan fingerprint density at radius 3 is 2.36 bits per heavy atom. The second-order valence-electron chi connectivity index (χ2n) is 6.09. The lowest BCUT2D eigenvalue weighted by atomic mass is 10.1. The van der Waals surface area contributed by atoms with Gasteiger partial charge in [0.1, 0.15) is 0 Å². The van der Waals surface area contributed by atoms with E-state index in [0.29, 0.717) is 0 Å². The minimum absolute atomic E-state index is 0.826. The van der Waals surface area contributed by atoms with Crippen molar-refractivity contribution in [2.45, 2.75) is 13.8 Å². The second-order valence-corrected chi connectivity index (χ2v) is 7.01. The fourth-order valence-electron chi connectivity index (χ4n) is 3.05. The summed E-state index contributed by atoms with van der Waals surface area (Å²) >= 11 is 3.52. The molecule has 3 nitrogen and oxygen atoms in total. The Balaban J connectivity index is 1.81. The second kappa shape index (κ2) is 6.37. The molecule has 122 valence electrons. The summed E-state index contributed by atoms with van der Waals surface area (Å²) in [6.07, 6.45) is 3.63. The van der Waals surface area contributed by atoms with Gasteiger partial charge >= 0.3 is 0 Å². The Morgan fingerprint density at radius 2 is 1.60 bits per heavy atom. The molecule has 0 radical (unpaired) electrons. The molecule has 4 rings (SSSR count). The standard InChI is InChI=1S/C21H16BrN3/c1-13-10-17(22)11-14(2)19(13)24-12-18-8-7-16-6-5-15-4-3-9-23-20(15)21(16)25-18/h3-12H,1-2H3. The Labute approximate surface area is 154 Å². The number of hydrogen-bond donors (Lipinski definition) is 0. The van der Waals surface area contributed by atoms with Crippen LogP contribution < -0.4 is 0 Å². The van der Waals surface area contributed by atoms with Gasteiger partial charge < -0.3 is 0 Å². The zero-order valence-corrected chi connectivity index (χ0v) is 15.6. The van der Waals surface area contributed by atoms with E-state index in [1.807, 2.05) is 18.3 Å². The summed E-state index contributed by atoms with van der Waals surface area (Å²) in [6, 6.07) is 16.4. The third-order valence-corrected chi connectivity index (χ3v) is 4.69. The van der Waals surface area contributed by atoms with Crippen molar-refractivity contribution in [2.75, 3.05) is 0 Å². The number of aliphatic imine (C=N–C) groups is 1. The van der Waals surface area contributed by atoms with Crippen LogP contribution in [0.5, 0.6) is 0 Å². The summed E-state index contributed by atoms with van der Waals surface area (Å²) < 4.78 is 1.07. The normalized spacial score (nSPS) is 11.6. The van der Waals surface area contributed by atoms with Crippen LogP contribution in [-0.2, 0) is 0 Å². The number of halogens is 1. The third-order valence-electron chi connectivity index (χ3n) is 4.24. The van der Waals surface area contributed by atoms with Gasteiger partial charge in [0.2, 0.25) is 0 Å². The van der Waals surface area contributed by atoms with Gasteiger partial charge in [0.05, 0.1) is 28.6 Å². The molecule has 0 fully saturated rings. The lowest BCUT2D eigenvalue weighted by molar-refractivity contribution is 1.31. The van der Waals surface area contributed by atoms with Crippen molar-refractivity contribution in [1.29, 1.82) is 0 Å². The van der Waals surface area contributed by atoms with E-state index in [2.05, 4.69) is 76.2 Å². The predicted octanol–water partition coefficient (Wildman–Crippen LogP) is 5.91. The number of nitrogens with zero attached hydrogens (tertiary/aromatic N) is 3. The van der Waals surface area contributed by atoms with Crippen molar-refractivity contribution in [3.63, 3.8) is 0 Å². The van der Waals surface area contributed by atoms with Gasteiger partial charge in [-0.3, -0.25) is 9.98 Å². The highest BCUT2D eigenvalue weighted by Crippen LogP contribution is 2.28. The van der Waals surface area contributed by atoms with Gasteiger partial charge in [-0.1, -0.05) is 40.2 Å². The highest BCUT2D eigenvalue weighted by Gasteiger charge is 2.05. The van der Waals surface area contributed by atoms with E-state index in [1.165, 1.54) is 0 Å². The molecule has 4 aromatic rings. The van der Waals surface area contributed by atoms with Crippen LogP contribution in [0.2, 0.25) is 0 Å². The first kappa shape index (κ1) is 15.9. The number of hydrogen-bond acceptors (Lipinski definition) is 3. The largest absolute Gasteiger partial charge is 0.254 e. The summed E-state index contributed by atoms with van der Waals surface area (Å²) in [7, 11) is 0. The molecule has 0 saturated heterocycles. The molecular weight excluding hydrogens is 374 g/mol. The van der Waals surface area contributed by atoms with E-state index in [-0.39, 0.29) is 0 Å². The Hall–Kier alpha value is -2.59. The molecule has 25 heavy (non-hydrogen) atoms. The summed E-state index contributed by atoms with van der Waals surface area (Å²) in [5.74, 6) is 0. The van der Waals surface area contributed by atoms with Crippen LogP contribution in [0, 0.1) is 13.8 Å². The molecule has 2 heterocycles. The van der Waals surface area contributed by atoms with Gasteiger partial charge in [-0.25, -0.2) is 4.98 Å². The van der Waals surface area contributed by atoms with Crippen LogP contribution in [0.1, 0.15) is 16.8 Å². The lowest BCUT2D eigenvalue weighted by Gasteiger charge is -2.06. The smallest absolute Gasteiger partial charge is 0.0972 e. The molecule has 4 heteroatoms. The van der Waals surface area contributed by atoms with Crippen LogP contribution in [0.15, 0.2) is 64.2 Å². The number of rotatable bonds is 2. The predicted molar refractivity (Wildman–Crippen MR) is 108 cm³/mol. The Morgan fingerprint density at radius 1 is 0.920 bits per heavy atom. The first-order valence-electron chi connectivity index (χ1n) is 8.07. The van der Waals surface area contributed by atoms with Crippen molar-refractivity contribution >= 4 is 49.6 Å². The SMILES string of the molecule is Cc1cc(Br)cc(C)c1N=Cc1ccc2ccc3cccnc3c2n1. The fraction of sp³-hybridized carbons (Fsp3) is 0.0952. The quantitative estimate of drug-likeness (QED) is 0.315. The molecule has 0 bridgehead atoms. The van der Waals surface area contributed by atoms with Crippen LogP contribution in [0.4, 0.5) is 5.69 Å². The van der Waals surface area contributed by atoms with Crippen molar-refractivity contribution in [3.8, 4) is 0 Å². The van der Waals surface area contributed by atoms with Gasteiger partial charge in [-0.2, -0.15) is 0 Å². The van der Waals surface area contributed by atoms with E-state index < -0.39 is 0 Å². The number of fused-ring (bicyclic) bond motifs is 3. The van der Waals surface area contributed by atoms with E-state index in [4.69, 9.17) is 4.98 Å². The molecule has 0 N–H and O–H groups in total. The molecular formula is C21H16BrN3. The first-order chi connectivity index (χ1) is 12.1. The van der Waals surface area contributed by atoms with Crippen LogP contribution in [-0.4, -0.2) is 16.2 Å². The van der Waals surface area contributed by atoms with Gasteiger partial charge in [-0.15, -0.1) is 0 Å². The van der Waals surface area contributed by atoms with E-state index in [1.54, 1.807) is 6.20 Å². The highest BCUT2D eigenvalue weighted by atomic mass is 79.9. The zero-order valence-electron chi connectivity index (χ0n) is 14.0. The molecule has 0 aliphatic heterocycles. The van der Waals surface area contributed by atoms with Crippen molar-refractivity contribution in [1.82, 2.24) is 9.97 Å². The van der Waals surface area contributed by atoms with Crippen LogP contribution in [0.3, 0.4) is 0 Å². The van der Waals surface area contributed by atoms with Gasteiger partial charge in [0.25, 0.3) is 0 Å². The Kier molecular flexibility index (Phi) is 4.06. The molecule has 2 aromatic heterocycles. The van der Waals surface area contributed by atoms with Crippen molar-refractivity contribution in [2.24, 2.45) is 4.99 Å². The molecule has 0 amide bonds. The molecule has 0 spiro atoms. The maximum Gasteiger partial charge on any atom is 0.0972 e. The molecule has 2 aromatic carbocycles. The molecule has 0 unspecified atom stereocenters. The lowest BCUT2D eigenvalue weighted by Crippen LogP contribution is -1.91. The number of aryl methyl sites for hydroxylation is 2. The van der Waals surface area contributed by atoms with Crippen LogP contribution >= 0.6 is 15.9 Å². The summed E-state index contributed by atoms with van der Waals surface area (Å²) in [4.78, 5) is 13.9. The van der Waals surface area contributed by atoms with E-state index in [0.717, 1.165) is 48.8 Å². The molecule has 0 saturated carbocycles. The maximum atomic E-state index is 4.77. The van der Waals surface area contributed by atoms with Gasteiger partial charge in [0, 0.05) is 21.4 Å².